The number of nitrogens with one attached hydrogen (secondary N) is 1. The molecule has 1 amide bonds. The van der Waals surface area contributed by atoms with E-state index in [2.05, 4.69) is 27.5 Å². The number of hydrogen-bond acceptors (Lipinski definition) is 4. The third kappa shape index (κ3) is 4.39. The quantitative estimate of drug-likeness (QED) is 0.826. The Bertz CT molecular complexity index is 608. The van der Waals surface area contributed by atoms with Crippen molar-refractivity contribution in [1.29, 1.82) is 0 Å². The lowest BCUT2D eigenvalue weighted by molar-refractivity contribution is -0.130. The van der Waals surface area contributed by atoms with Gasteiger partial charge in [0.05, 0.1) is 5.69 Å². The van der Waals surface area contributed by atoms with Crippen molar-refractivity contribution in [1.82, 2.24) is 25.0 Å². The number of rotatable bonds is 6. The first kappa shape index (κ1) is 15.7. The third-order valence-corrected chi connectivity index (χ3v) is 4.18. The summed E-state index contributed by atoms with van der Waals surface area (Å²) in [4.78, 5) is 17.9. The van der Waals surface area contributed by atoms with E-state index in [4.69, 9.17) is 0 Å². The molecular formula is C17H23N5O. The van der Waals surface area contributed by atoms with Gasteiger partial charge in [-0.05, 0) is 30.5 Å². The topological polar surface area (TPSA) is 63.1 Å². The lowest BCUT2D eigenvalue weighted by Crippen LogP contribution is -2.36. The lowest BCUT2D eigenvalue weighted by atomic mass is 10.2. The summed E-state index contributed by atoms with van der Waals surface area (Å²) >= 11 is 0. The van der Waals surface area contributed by atoms with Gasteiger partial charge >= 0.3 is 0 Å². The van der Waals surface area contributed by atoms with E-state index >= 15 is 0 Å². The predicted molar refractivity (Wildman–Crippen MR) is 88.1 cm³/mol. The fraction of sp³-hybridized carbons (Fsp3) is 0.471. The van der Waals surface area contributed by atoms with Crippen LogP contribution < -0.4 is 5.32 Å². The van der Waals surface area contributed by atoms with Crippen LogP contribution in [0.5, 0.6) is 0 Å². The van der Waals surface area contributed by atoms with Crippen LogP contribution in [0.1, 0.15) is 31.2 Å². The Hall–Kier alpha value is -2.21. The van der Waals surface area contributed by atoms with E-state index in [-0.39, 0.29) is 0 Å². The van der Waals surface area contributed by atoms with Gasteiger partial charge in [-0.25, -0.2) is 9.67 Å². The zero-order valence-electron chi connectivity index (χ0n) is 13.3. The molecule has 1 aliphatic rings. The van der Waals surface area contributed by atoms with Gasteiger partial charge in [-0.1, -0.05) is 18.6 Å². The zero-order valence-corrected chi connectivity index (χ0v) is 13.3. The molecule has 2 aromatic rings. The molecule has 23 heavy (non-hydrogen) atoms. The molecule has 1 N–H and O–H groups in total. The second-order valence-electron chi connectivity index (χ2n) is 5.87. The van der Waals surface area contributed by atoms with E-state index in [0.29, 0.717) is 12.3 Å². The monoisotopic (exact) mass is 313 g/mol. The van der Waals surface area contributed by atoms with Crippen LogP contribution in [0.25, 0.3) is 5.69 Å². The molecule has 0 saturated carbocycles. The van der Waals surface area contributed by atoms with Gasteiger partial charge in [0.2, 0.25) is 5.91 Å². The first-order valence-corrected chi connectivity index (χ1v) is 8.25. The van der Waals surface area contributed by atoms with Crippen LogP contribution >= 0.6 is 0 Å². The summed E-state index contributed by atoms with van der Waals surface area (Å²) in [6, 6.07) is 8.23. The Morgan fingerprint density at radius 1 is 1.13 bits per heavy atom. The predicted octanol–water partition coefficient (Wildman–Crippen LogP) is 1.76. The standard InChI is InChI=1S/C17H23N5O/c23-17-4-2-1-3-10-21(17)11-9-18-12-15-5-7-16(8-6-15)22-14-19-13-20-22/h5-8,13-14,18H,1-4,9-12H2. The Morgan fingerprint density at radius 2 is 2.00 bits per heavy atom. The molecule has 0 unspecified atom stereocenters. The van der Waals surface area contributed by atoms with Crippen LogP contribution in [0.4, 0.5) is 0 Å². The highest BCUT2D eigenvalue weighted by molar-refractivity contribution is 5.76. The van der Waals surface area contributed by atoms with Gasteiger partial charge in [0.25, 0.3) is 0 Å². The van der Waals surface area contributed by atoms with Crippen molar-refractivity contribution in [2.24, 2.45) is 0 Å². The number of amides is 1. The van der Waals surface area contributed by atoms with Gasteiger partial charge in [-0.15, -0.1) is 0 Å². The minimum atomic E-state index is 0.307. The van der Waals surface area contributed by atoms with Gasteiger partial charge in [-0.2, -0.15) is 5.10 Å². The molecule has 3 rings (SSSR count). The summed E-state index contributed by atoms with van der Waals surface area (Å²) in [5.74, 6) is 0.307. The van der Waals surface area contributed by atoms with Crippen LogP contribution in [-0.2, 0) is 11.3 Å². The van der Waals surface area contributed by atoms with Crippen molar-refractivity contribution >= 4 is 5.91 Å². The molecule has 1 saturated heterocycles. The Balaban J connectivity index is 1.43. The lowest BCUT2D eigenvalue weighted by Gasteiger charge is -2.20. The van der Waals surface area contributed by atoms with Crippen molar-refractivity contribution in [2.75, 3.05) is 19.6 Å². The third-order valence-electron chi connectivity index (χ3n) is 4.18. The molecule has 1 aliphatic heterocycles. The minimum Gasteiger partial charge on any atom is -0.341 e. The Kier molecular flexibility index (Phi) is 5.37. The summed E-state index contributed by atoms with van der Waals surface area (Å²) in [7, 11) is 0. The summed E-state index contributed by atoms with van der Waals surface area (Å²) in [6.45, 7) is 3.35. The molecule has 6 nitrogen and oxygen atoms in total. The number of nitrogens with zero attached hydrogens (tertiary/aromatic N) is 4. The normalized spacial score (nSPS) is 15.7. The molecule has 0 aliphatic carbocycles. The first-order valence-electron chi connectivity index (χ1n) is 8.25. The number of likely N-dealkylation sites (tertiary alicyclic amines) is 1. The highest BCUT2D eigenvalue weighted by Crippen LogP contribution is 2.10. The van der Waals surface area contributed by atoms with Gasteiger partial charge in [0, 0.05) is 32.6 Å². The number of carbonyl (C=O) groups is 1. The van der Waals surface area contributed by atoms with Crippen molar-refractivity contribution in [3.63, 3.8) is 0 Å². The van der Waals surface area contributed by atoms with E-state index in [1.54, 1.807) is 11.0 Å². The van der Waals surface area contributed by atoms with Crippen LogP contribution in [0.2, 0.25) is 0 Å². The summed E-state index contributed by atoms with van der Waals surface area (Å²) in [6.07, 6.45) is 7.28. The van der Waals surface area contributed by atoms with Crippen molar-refractivity contribution in [3.05, 3.63) is 42.5 Å². The number of hydrogen-bond donors (Lipinski definition) is 1. The van der Waals surface area contributed by atoms with Gasteiger partial charge in [0.15, 0.2) is 0 Å². The van der Waals surface area contributed by atoms with E-state index in [1.807, 2.05) is 17.0 Å². The summed E-state index contributed by atoms with van der Waals surface area (Å²) < 4.78 is 1.74. The minimum absolute atomic E-state index is 0.307. The van der Waals surface area contributed by atoms with Crippen LogP contribution in [0.15, 0.2) is 36.9 Å². The molecule has 2 heterocycles. The molecule has 0 radical (unpaired) electrons. The molecule has 1 aromatic heterocycles. The molecule has 1 fully saturated rings. The summed E-state index contributed by atoms with van der Waals surface area (Å²) in [5.41, 5.74) is 2.22. The molecule has 6 heteroatoms. The van der Waals surface area contributed by atoms with E-state index in [1.165, 1.54) is 18.3 Å². The fourth-order valence-corrected chi connectivity index (χ4v) is 2.83. The Labute approximate surface area is 136 Å². The van der Waals surface area contributed by atoms with Gasteiger partial charge in [-0.3, -0.25) is 4.79 Å². The maximum atomic E-state index is 11.9. The average molecular weight is 313 g/mol. The maximum absolute atomic E-state index is 11.9. The number of aromatic nitrogens is 3. The fourth-order valence-electron chi connectivity index (χ4n) is 2.83. The highest BCUT2D eigenvalue weighted by Gasteiger charge is 2.15. The van der Waals surface area contributed by atoms with E-state index < -0.39 is 0 Å². The van der Waals surface area contributed by atoms with Crippen molar-refractivity contribution in [3.8, 4) is 5.69 Å². The maximum Gasteiger partial charge on any atom is 0.222 e. The molecular weight excluding hydrogens is 290 g/mol. The zero-order chi connectivity index (χ0) is 15.9. The van der Waals surface area contributed by atoms with Crippen LogP contribution in [0.3, 0.4) is 0 Å². The van der Waals surface area contributed by atoms with Crippen LogP contribution in [0, 0.1) is 0 Å². The SMILES string of the molecule is O=C1CCCCCN1CCNCc1ccc(-n2cncn2)cc1. The smallest absolute Gasteiger partial charge is 0.222 e. The second kappa shape index (κ2) is 7.87. The number of benzene rings is 1. The molecule has 1 aromatic carbocycles. The molecule has 0 atom stereocenters. The van der Waals surface area contributed by atoms with E-state index in [0.717, 1.165) is 44.7 Å². The van der Waals surface area contributed by atoms with Crippen molar-refractivity contribution in [2.45, 2.75) is 32.2 Å². The largest absolute Gasteiger partial charge is 0.341 e. The van der Waals surface area contributed by atoms with Crippen molar-refractivity contribution < 1.29 is 4.79 Å². The molecule has 0 spiro atoms. The molecule has 122 valence electrons. The summed E-state index contributed by atoms with van der Waals surface area (Å²) in [5, 5.41) is 7.53. The number of carbonyl (C=O) groups excluding carboxylic acids is 1. The van der Waals surface area contributed by atoms with Crippen LogP contribution in [-0.4, -0.2) is 45.2 Å². The first-order chi connectivity index (χ1) is 11.3. The second-order valence-corrected chi connectivity index (χ2v) is 5.87. The molecule has 0 bridgehead atoms. The average Bonchev–Trinajstić information content (AvgIpc) is 3.03. The Morgan fingerprint density at radius 3 is 2.78 bits per heavy atom. The van der Waals surface area contributed by atoms with Gasteiger partial charge < -0.3 is 10.2 Å². The highest BCUT2D eigenvalue weighted by atomic mass is 16.2. The van der Waals surface area contributed by atoms with Gasteiger partial charge in [0.1, 0.15) is 12.7 Å². The van der Waals surface area contributed by atoms with E-state index in [9.17, 15) is 4.79 Å².